The Morgan fingerprint density at radius 1 is 1.47 bits per heavy atom. The van der Waals surface area contributed by atoms with E-state index in [2.05, 4.69) is 15.9 Å². The Bertz CT molecular complexity index is 515. The summed E-state index contributed by atoms with van der Waals surface area (Å²) >= 11 is 4.10. The molecule has 96 valence electrons. The van der Waals surface area contributed by atoms with Crippen LogP contribution in [0.5, 0.6) is 0 Å². The van der Waals surface area contributed by atoms with Gasteiger partial charge in [0.2, 0.25) is 0 Å². The summed E-state index contributed by atoms with van der Waals surface area (Å²) in [5.41, 5.74) is -0.744. The molecule has 0 unspecified atom stereocenters. The van der Waals surface area contributed by atoms with Crippen molar-refractivity contribution < 1.29 is 17.9 Å². The molecule has 17 heavy (non-hydrogen) atoms. The van der Waals surface area contributed by atoms with Gasteiger partial charge >= 0.3 is 6.09 Å². The fourth-order valence-corrected chi connectivity index (χ4v) is 4.14. The summed E-state index contributed by atoms with van der Waals surface area (Å²) in [6.45, 7) is 4.96. The van der Waals surface area contributed by atoms with Gasteiger partial charge in [-0.15, -0.1) is 11.3 Å². The summed E-state index contributed by atoms with van der Waals surface area (Å²) in [5.74, 6) is 0. The van der Waals surface area contributed by atoms with Gasteiger partial charge in [0, 0.05) is 4.47 Å². The quantitative estimate of drug-likeness (QED) is 0.897. The number of halogens is 1. The molecule has 5 nitrogen and oxygen atoms in total. The monoisotopic (exact) mass is 341 g/mol. The van der Waals surface area contributed by atoms with Gasteiger partial charge in [-0.1, -0.05) is 0 Å². The fourth-order valence-electron chi connectivity index (χ4n) is 0.927. The predicted octanol–water partition coefficient (Wildman–Crippen LogP) is 2.72. The van der Waals surface area contributed by atoms with E-state index in [1.54, 1.807) is 32.2 Å². The molecule has 1 aromatic rings. The average Bonchev–Trinajstić information content (AvgIpc) is 2.46. The highest BCUT2D eigenvalue weighted by Gasteiger charge is 2.25. The van der Waals surface area contributed by atoms with Crippen LogP contribution in [0, 0.1) is 0 Å². The molecule has 8 heteroatoms. The molecule has 0 aliphatic heterocycles. The van der Waals surface area contributed by atoms with Crippen LogP contribution in [0.1, 0.15) is 20.8 Å². The molecular weight excluding hydrogens is 330 g/mol. The molecule has 1 amide bonds. The molecule has 0 spiro atoms. The van der Waals surface area contributed by atoms with Crippen molar-refractivity contribution in [2.24, 2.45) is 0 Å². The van der Waals surface area contributed by atoms with Crippen LogP contribution in [-0.4, -0.2) is 20.1 Å². The molecule has 0 saturated heterocycles. The molecule has 1 rings (SSSR count). The summed E-state index contributed by atoms with van der Waals surface area (Å²) in [4.78, 5) is 11.4. The molecule has 0 aliphatic rings. The maximum Gasteiger partial charge on any atom is 0.421 e. The van der Waals surface area contributed by atoms with Gasteiger partial charge in [0.15, 0.2) is 4.21 Å². The van der Waals surface area contributed by atoms with Crippen LogP contribution in [0.15, 0.2) is 20.1 Å². The molecule has 1 N–H and O–H groups in total. The first-order valence-corrected chi connectivity index (χ1v) is 7.76. The molecule has 0 radical (unpaired) electrons. The van der Waals surface area contributed by atoms with E-state index < -0.39 is 21.7 Å². The third-order valence-electron chi connectivity index (χ3n) is 1.45. The van der Waals surface area contributed by atoms with Gasteiger partial charge in [-0.2, -0.15) is 0 Å². The number of nitrogens with one attached hydrogen (secondary N) is 1. The molecule has 0 atom stereocenters. The highest BCUT2D eigenvalue weighted by Crippen LogP contribution is 2.27. The maximum atomic E-state index is 11.8. The highest BCUT2D eigenvalue weighted by molar-refractivity contribution is 9.10. The van der Waals surface area contributed by atoms with Gasteiger partial charge in [-0.3, -0.25) is 0 Å². The normalized spacial score (nSPS) is 12.2. The smallest absolute Gasteiger partial charge is 0.421 e. The van der Waals surface area contributed by atoms with E-state index in [0.717, 1.165) is 11.3 Å². The summed E-state index contributed by atoms with van der Waals surface area (Å²) in [5, 5.41) is 1.60. The maximum absolute atomic E-state index is 11.8. The number of hydrogen-bond donors (Lipinski definition) is 1. The van der Waals surface area contributed by atoms with Gasteiger partial charge in [-0.25, -0.2) is 17.9 Å². The van der Waals surface area contributed by atoms with Crippen molar-refractivity contribution in [2.45, 2.75) is 30.6 Å². The lowest BCUT2D eigenvalue weighted by molar-refractivity contribution is 0.0570. The van der Waals surface area contributed by atoms with E-state index in [0.29, 0.717) is 4.47 Å². The lowest BCUT2D eigenvalue weighted by Gasteiger charge is -2.19. The molecule has 0 fully saturated rings. The lowest BCUT2D eigenvalue weighted by atomic mass is 10.2. The lowest BCUT2D eigenvalue weighted by Crippen LogP contribution is -2.36. The van der Waals surface area contributed by atoms with Crippen molar-refractivity contribution in [3.05, 3.63) is 15.9 Å². The number of thiophene rings is 1. The Morgan fingerprint density at radius 2 is 2.06 bits per heavy atom. The molecule has 1 heterocycles. The van der Waals surface area contributed by atoms with Gasteiger partial charge < -0.3 is 4.74 Å². The van der Waals surface area contributed by atoms with Crippen LogP contribution in [0.3, 0.4) is 0 Å². The third-order valence-corrected chi connectivity index (χ3v) is 5.43. The van der Waals surface area contributed by atoms with Crippen LogP contribution in [-0.2, 0) is 14.8 Å². The summed E-state index contributed by atoms with van der Waals surface area (Å²) in [6.07, 6.45) is -0.988. The standard InChI is InChI=1S/C9H12BrNO4S2/c1-9(2,3)15-8(12)11-17(13,14)7-6(10)4-5-16-7/h4-5H,1-3H3,(H,11,12). The number of sulfonamides is 1. The SMILES string of the molecule is CC(C)(C)OC(=O)NS(=O)(=O)c1sccc1Br. The summed E-state index contributed by atoms with van der Waals surface area (Å²) in [6, 6.07) is 1.59. The molecule has 1 aromatic heterocycles. The molecule has 0 aliphatic carbocycles. The van der Waals surface area contributed by atoms with Gasteiger partial charge in [0.1, 0.15) is 5.60 Å². The topological polar surface area (TPSA) is 72.5 Å². The van der Waals surface area contributed by atoms with Crippen LogP contribution >= 0.6 is 27.3 Å². The number of ether oxygens (including phenoxy) is 1. The second kappa shape index (κ2) is 4.95. The van der Waals surface area contributed by atoms with Crippen molar-refractivity contribution in [3.8, 4) is 0 Å². The molecule has 0 bridgehead atoms. The van der Waals surface area contributed by atoms with Crippen molar-refractivity contribution in [2.75, 3.05) is 0 Å². The number of carbonyl (C=O) groups is 1. The summed E-state index contributed by atoms with van der Waals surface area (Å²) < 4.78 is 30.7. The Kier molecular flexibility index (Phi) is 4.21. The molecule has 0 aromatic carbocycles. The molecule has 0 saturated carbocycles. The zero-order valence-electron chi connectivity index (χ0n) is 9.48. The predicted molar refractivity (Wildman–Crippen MR) is 68.6 cm³/mol. The average molecular weight is 342 g/mol. The van der Waals surface area contributed by atoms with Crippen molar-refractivity contribution >= 4 is 43.4 Å². The van der Waals surface area contributed by atoms with Crippen molar-refractivity contribution in [1.29, 1.82) is 0 Å². The Morgan fingerprint density at radius 3 is 2.47 bits per heavy atom. The third kappa shape index (κ3) is 4.29. The zero-order valence-corrected chi connectivity index (χ0v) is 12.7. The van der Waals surface area contributed by atoms with Crippen LogP contribution < -0.4 is 4.72 Å². The van der Waals surface area contributed by atoms with Crippen molar-refractivity contribution in [1.82, 2.24) is 4.72 Å². The minimum atomic E-state index is -3.87. The number of rotatable bonds is 2. The largest absolute Gasteiger partial charge is 0.443 e. The number of hydrogen-bond acceptors (Lipinski definition) is 5. The Labute approximate surface area is 112 Å². The highest BCUT2D eigenvalue weighted by atomic mass is 79.9. The summed E-state index contributed by atoms with van der Waals surface area (Å²) in [7, 11) is -3.87. The van der Waals surface area contributed by atoms with E-state index in [1.165, 1.54) is 0 Å². The van der Waals surface area contributed by atoms with Gasteiger partial charge in [0.25, 0.3) is 10.0 Å². The zero-order chi connectivity index (χ0) is 13.3. The minimum Gasteiger partial charge on any atom is -0.443 e. The second-order valence-corrected chi connectivity index (χ2v) is 7.81. The minimum absolute atomic E-state index is 0.0448. The van der Waals surface area contributed by atoms with E-state index >= 15 is 0 Å². The first-order valence-electron chi connectivity index (χ1n) is 4.60. The van der Waals surface area contributed by atoms with Gasteiger partial charge in [-0.05, 0) is 48.1 Å². The van der Waals surface area contributed by atoms with Crippen LogP contribution in [0.4, 0.5) is 4.79 Å². The second-order valence-electron chi connectivity index (χ2n) is 4.16. The number of amides is 1. The van der Waals surface area contributed by atoms with Crippen LogP contribution in [0.2, 0.25) is 0 Å². The fraction of sp³-hybridized carbons (Fsp3) is 0.444. The van der Waals surface area contributed by atoms with Gasteiger partial charge in [0.05, 0.1) is 0 Å². The van der Waals surface area contributed by atoms with Crippen LogP contribution in [0.25, 0.3) is 0 Å². The number of carbonyl (C=O) groups excluding carboxylic acids is 1. The van der Waals surface area contributed by atoms with E-state index in [-0.39, 0.29) is 4.21 Å². The Balaban J connectivity index is 2.82. The van der Waals surface area contributed by atoms with E-state index in [4.69, 9.17) is 4.74 Å². The first-order chi connectivity index (χ1) is 7.62. The molecular formula is C9H12BrNO4S2. The first kappa shape index (κ1) is 14.5. The Hall–Kier alpha value is -0.600. The van der Waals surface area contributed by atoms with E-state index in [9.17, 15) is 13.2 Å². The van der Waals surface area contributed by atoms with E-state index in [1.807, 2.05) is 4.72 Å². The van der Waals surface area contributed by atoms with Crippen molar-refractivity contribution in [3.63, 3.8) is 0 Å².